The molecule has 1 amide bonds. The fraction of sp³-hybridized carbons (Fsp3) is 0.375. The van der Waals surface area contributed by atoms with E-state index in [1.807, 2.05) is 38.1 Å². The van der Waals surface area contributed by atoms with Crippen LogP contribution >= 0.6 is 0 Å². The molecule has 2 rings (SSSR count). The molecule has 2 N–H and O–H groups in total. The van der Waals surface area contributed by atoms with Gasteiger partial charge in [-0.3, -0.25) is 9.78 Å². The first-order valence-corrected chi connectivity index (χ1v) is 6.88. The van der Waals surface area contributed by atoms with E-state index in [0.29, 0.717) is 12.0 Å². The van der Waals surface area contributed by atoms with Crippen LogP contribution in [-0.2, 0) is 0 Å². The van der Waals surface area contributed by atoms with Crippen molar-refractivity contribution in [2.75, 3.05) is 6.61 Å². The molecule has 0 aliphatic carbocycles. The van der Waals surface area contributed by atoms with Gasteiger partial charge in [0.05, 0.1) is 5.56 Å². The third-order valence-electron chi connectivity index (χ3n) is 3.47. The van der Waals surface area contributed by atoms with E-state index in [9.17, 15) is 4.79 Å². The average Bonchev–Trinajstić information content (AvgIpc) is 2.46. The van der Waals surface area contributed by atoms with Gasteiger partial charge < -0.3 is 10.4 Å². The van der Waals surface area contributed by atoms with Crippen molar-refractivity contribution < 1.29 is 9.90 Å². The van der Waals surface area contributed by atoms with Gasteiger partial charge in [-0.15, -0.1) is 0 Å². The minimum atomic E-state index is -0.138. The summed E-state index contributed by atoms with van der Waals surface area (Å²) in [6.07, 6.45) is 3.90. The Kier molecular flexibility index (Phi) is 4.69. The Morgan fingerprint density at radius 1 is 1.30 bits per heavy atom. The fourth-order valence-corrected chi connectivity index (χ4v) is 2.25. The van der Waals surface area contributed by atoms with Crippen molar-refractivity contribution in [1.82, 2.24) is 10.3 Å². The van der Waals surface area contributed by atoms with Gasteiger partial charge in [-0.2, -0.15) is 0 Å². The molecule has 1 aromatic heterocycles. The highest BCUT2D eigenvalue weighted by Gasteiger charge is 2.18. The van der Waals surface area contributed by atoms with E-state index in [4.69, 9.17) is 5.11 Å². The third-order valence-corrected chi connectivity index (χ3v) is 3.47. The number of carbonyl (C=O) groups excluding carboxylic acids is 1. The molecule has 1 unspecified atom stereocenters. The first kappa shape index (κ1) is 14.5. The Labute approximate surface area is 118 Å². The smallest absolute Gasteiger partial charge is 0.253 e. The summed E-state index contributed by atoms with van der Waals surface area (Å²) in [4.78, 5) is 16.5. The number of carbonyl (C=O) groups is 1. The topological polar surface area (TPSA) is 62.2 Å². The van der Waals surface area contributed by atoms with Crippen LogP contribution in [0.5, 0.6) is 0 Å². The van der Waals surface area contributed by atoms with E-state index in [2.05, 4.69) is 10.3 Å². The molecule has 106 valence electrons. The zero-order valence-electron chi connectivity index (χ0n) is 11.8. The molecule has 20 heavy (non-hydrogen) atoms. The highest BCUT2D eigenvalue weighted by molar-refractivity contribution is 6.06. The lowest BCUT2D eigenvalue weighted by molar-refractivity contribution is 0.0918. The number of benzene rings is 1. The van der Waals surface area contributed by atoms with Crippen LogP contribution in [0.25, 0.3) is 10.8 Å². The van der Waals surface area contributed by atoms with Crippen LogP contribution in [0, 0.1) is 5.92 Å². The van der Waals surface area contributed by atoms with Crippen LogP contribution < -0.4 is 5.32 Å². The number of hydrogen-bond donors (Lipinski definition) is 2. The number of nitrogens with one attached hydrogen (secondary N) is 1. The second kappa shape index (κ2) is 6.48. The molecule has 0 radical (unpaired) electrons. The number of amides is 1. The zero-order valence-corrected chi connectivity index (χ0v) is 11.8. The number of nitrogens with zero attached hydrogens (tertiary/aromatic N) is 1. The van der Waals surface area contributed by atoms with Gasteiger partial charge >= 0.3 is 0 Å². The molecule has 1 heterocycles. The summed E-state index contributed by atoms with van der Waals surface area (Å²) in [7, 11) is 0. The SMILES string of the molecule is CC(C)C(CCO)NC(=O)c1cncc2ccccc12. The molecule has 4 nitrogen and oxygen atoms in total. The molecule has 0 saturated carbocycles. The van der Waals surface area contributed by atoms with Gasteiger partial charge in [-0.1, -0.05) is 38.1 Å². The van der Waals surface area contributed by atoms with E-state index in [1.54, 1.807) is 12.4 Å². The van der Waals surface area contributed by atoms with Gasteiger partial charge in [0.2, 0.25) is 0 Å². The van der Waals surface area contributed by atoms with E-state index in [0.717, 1.165) is 10.8 Å². The van der Waals surface area contributed by atoms with Crippen LogP contribution in [0.2, 0.25) is 0 Å². The van der Waals surface area contributed by atoms with E-state index in [1.165, 1.54) is 0 Å². The van der Waals surface area contributed by atoms with Gasteiger partial charge in [0.1, 0.15) is 0 Å². The Bertz CT molecular complexity index is 591. The largest absolute Gasteiger partial charge is 0.396 e. The number of aromatic nitrogens is 1. The van der Waals surface area contributed by atoms with Crippen LogP contribution in [0.3, 0.4) is 0 Å². The lowest BCUT2D eigenvalue weighted by Gasteiger charge is -2.21. The molecular weight excluding hydrogens is 252 g/mol. The lowest BCUT2D eigenvalue weighted by Crippen LogP contribution is -2.39. The van der Waals surface area contributed by atoms with Crippen molar-refractivity contribution in [3.05, 3.63) is 42.2 Å². The Balaban J connectivity index is 2.27. The lowest BCUT2D eigenvalue weighted by atomic mass is 10.00. The van der Waals surface area contributed by atoms with Gasteiger partial charge in [0, 0.05) is 30.4 Å². The third kappa shape index (κ3) is 3.14. The van der Waals surface area contributed by atoms with Crippen LogP contribution in [-0.4, -0.2) is 28.6 Å². The highest BCUT2D eigenvalue weighted by Crippen LogP contribution is 2.17. The van der Waals surface area contributed by atoms with E-state index in [-0.39, 0.29) is 24.5 Å². The van der Waals surface area contributed by atoms with Gasteiger partial charge in [0.25, 0.3) is 5.91 Å². The first-order chi connectivity index (χ1) is 9.63. The maximum absolute atomic E-state index is 12.4. The van der Waals surface area contributed by atoms with E-state index < -0.39 is 0 Å². The monoisotopic (exact) mass is 272 g/mol. The second-order valence-electron chi connectivity index (χ2n) is 5.24. The summed E-state index contributed by atoms with van der Waals surface area (Å²) < 4.78 is 0. The van der Waals surface area contributed by atoms with Crippen LogP contribution in [0.15, 0.2) is 36.7 Å². The van der Waals surface area contributed by atoms with E-state index >= 15 is 0 Å². The number of hydrogen-bond acceptors (Lipinski definition) is 3. The Morgan fingerprint density at radius 3 is 2.75 bits per heavy atom. The minimum absolute atomic E-state index is 0.0357. The first-order valence-electron chi connectivity index (χ1n) is 6.88. The molecule has 4 heteroatoms. The van der Waals surface area contributed by atoms with Crippen molar-refractivity contribution in [1.29, 1.82) is 0 Å². The zero-order chi connectivity index (χ0) is 14.5. The molecule has 0 fully saturated rings. The average molecular weight is 272 g/mol. The standard InChI is InChI=1S/C16H20N2O2/c1-11(2)15(7-8-19)18-16(20)14-10-17-9-12-5-3-4-6-13(12)14/h3-6,9-11,15,19H,7-8H2,1-2H3,(H,18,20). The molecule has 0 spiro atoms. The van der Waals surface area contributed by atoms with Gasteiger partial charge in [-0.25, -0.2) is 0 Å². The second-order valence-corrected chi connectivity index (χ2v) is 5.24. The molecule has 1 atom stereocenters. The number of rotatable bonds is 5. The number of aliphatic hydroxyl groups is 1. The fourth-order valence-electron chi connectivity index (χ4n) is 2.25. The van der Waals surface area contributed by atoms with Crippen molar-refractivity contribution in [2.45, 2.75) is 26.3 Å². The predicted octanol–water partition coefficient (Wildman–Crippen LogP) is 2.37. The number of fused-ring (bicyclic) bond motifs is 1. The van der Waals surface area contributed by atoms with Gasteiger partial charge in [-0.05, 0) is 17.7 Å². The molecule has 2 aromatic rings. The molecular formula is C16H20N2O2. The highest BCUT2D eigenvalue weighted by atomic mass is 16.3. The van der Waals surface area contributed by atoms with Crippen molar-refractivity contribution in [2.24, 2.45) is 5.92 Å². The summed E-state index contributed by atoms with van der Waals surface area (Å²) >= 11 is 0. The van der Waals surface area contributed by atoms with Crippen molar-refractivity contribution in [3.8, 4) is 0 Å². The van der Waals surface area contributed by atoms with Crippen molar-refractivity contribution >= 4 is 16.7 Å². The van der Waals surface area contributed by atoms with Gasteiger partial charge in [0.15, 0.2) is 0 Å². The summed E-state index contributed by atoms with van der Waals surface area (Å²) in [5.74, 6) is 0.135. The minimum Gasteiger partial charge on any atom is -0.396 e. The molecule has 1 aromatic carbocycles. The molecule has 0 saturated heterocycles. The summed E-state index contributed by atoms with van der Waals surface area (Å²) in [6.45, 7) is 4.13. The molecule has 0 aliphatic rings. The predicted molar refractivity (Wildman–Crippen MR) is 79.5 cm³/mol. The normalized spacial score (nSPS) is 12.6. The molecule has 0 bridgehead atoms. The Hall–Kier alpha value is -1.94. The quantitative estimate of drug-likeness (QED) is 0.878. The maximum Gasteiger partial charge on any atom is 0.253 e. The van der Waals surface area contributed by atoms with Crippen LogP contribution in [0.1, 0.15) is 30.6 Å². The van der Waals surface area contributed by atoms with Crippen molar-refractivity contribution in [3.63, 3.8) is 0 Å². The summed E-state index contributed by atoms with van der Waals surface area (Å²) in [5, 5.41) is 13.9. The molecule has 0 aliphatic heterocycles. The maximum atomic E-state index is 12.4. The van der Waals surface area contributed by atoms with Crippen LogP contribution in [0.4, 0.5) is 0 Å². The number of pyridine rings is 1. The number of aliphatic hydroxyl groups excluding tert-OH is 1. The summed E-state index contributed by atoms with van der Waals surface area (Å²) in [5.41, 5.74) is 0.576. The summed E-state index contributed by atoms with van der Waals surface area (Å²) in [6, 6.07) is 7.66. The Morgan fingerprint density at radius 2 is 2.05 bits per heavy atom.